The van der Waals surface area contributed by atoms with Crippen molar-refractivity contribution in [3.63, 3.8) is 0 Å². The number of para-hydroxylation sites is 1. The standard InChI is InChI=1S/C24H32N2O2/c1-5-8-21-22(18-11-13-20(28-4)14-12-18)17-19-9-6-7-10-23(19)26(24(21)27)16-15-25(2)3/h6-7,9-14,21-22H,5,8,15-17H2,1-4H3/t21-,22+/m0/s1. The van der Waals surface area contributed by atoms with Gasteiger partial charge in [0.2, 0.25) is 5.91 Å². The molecule has 0 unspecified atom stereocenters. The molecule has 0 fully saturated rings. The van der Waals surface area contributed by atoms with Gasteiger partial charge in [0.1, 0.15) is 5.75 Å². The highest BCUT2D eigenvalue weighted by atomic mass is 16.5. The molecule has 2 atom stereocenters. The summed E-state index contributed by atoms with van der Waals surface area (Å²) in [6.45, 7) is 3.74. The summed E-state index contributed by atoms with van der Waals surface area (Å²) in [6.07, 6.45) is 2.79. The van der Waals surface area contributed by atoms with Crippen LogP contribution in [-0.2, 0) is 11.2 Å². The number of anilines is 1. The van der Waals surface area contributed by atoms with Crippen LogP contribution in [0, 0.1) is 5.92 Å². The Kier molecular flexibility index (Phi) is 6.74. The maximum Gasteiger partial charge on any atom is 0.230 e. The van der Waals surface area contributed by atoms with Gasteiger partial charge in [-0.1, -0.05) is 43.7 Å². The van der Waals surface area contributed by atoms with E-state index < -0.39 is 0 Å². The Labute approximate surface area is 169 Å². The van der Waals surface area contributed by atoms with Gasteiger partial charge >= 0.3 is 0 Å². The van der Waals surface area contributed by atoms with E-state index in [0.717, 1.165) is 43.8 Å². The SMILES string of the molecule is CCC[C@@H]1C(=O)N(CCN(C)C)c2ccccc2C[C@@H]1c1ccc(OC)cc1. The van der Waals surface area contributed by atoms with Gasteiger partial charge in [0.05, 0.1) is 7.11 Å². The summed E-state index contributed by atoms with van der Waals surface area (Å²) < 4.78 is 5.32. The van der Waals surface area contributed by atoms with Crippen LogP contribution in [0.15, 0.2) is 48.5 Å². The fraction of sp³-hybridized carbons (Fsp3) is 0.458. The first-order valence-electron chi connectivity index (χ1n) is 10.2. The lowest BCUT2D eigenvalue weighted by atomic mass is 9.79. The molecule has 1 amide bonds. The number of carbonyl (C=O) groups is 1. The number of fused-ring (bicyclic) bond motifs is 1. The second-order valence-corrected chi connectivity index (χ2v) is 7.90. The normalized spacial score (nSPS) is 19.5. The van der Waals surface area contributed by atoms with Crippen molar-refractivity contribution in [2.45, 2.75) is 32.1 Å². The molecular formula is C24H32N2O2. The van der Waals surface area contributed by atoms with Crippen molar-refractivity contribution in [1.82, 2.24) is 4.90 Å². The summed E-state index contributed by atoms with van der Waals surface area (Å²) >= 11 is 0. The topological polar surface area (TPSA) is 32.8 Å². The molecule has 0 N–H and O–H groups in total. The number of nitrogens with zero attached hydrogens (tertiary/aromatic N) is 2. The lowest BCUT2D eigenvalue weighted by molar-refractivity contribution is -0.123. The average molecular weight is 381 g/mol. The number of carbonyl (C=O) groups excluding carboxylic acids is 1. The summed E-state index contributed by atoms with van der Waals surface area (Å²) in [5.41, 5.74) is 3.55. The van der Waals surface area contributed by atoms with E-state index >= 15 is 0 Å². The first-order valence-corrected chi connectivity index (χ1v) is 10.2. The van der Waals surface area contributed by atoms with Crippen LogP contribution in [0.5, 0.6) is 5.75 Å². The van der Waals surface area contributed by atoms with Gasteiger partial charge in [0.15, 0.2) is 0 Å². The molecule has 150 valence electrons. The first kappa shape index (κ1) is 20.4. The van der Waals surface area contributed by atoms with E-state index in [1.54, 1.807) is 7.11 Å². The minimum Gasteiger partial charge on any atom is -0.497 e. The Balaban J connectivity index is 2.02. The van der Waals surface area contributed by atoms with Crippen molar-refractivity contribution < 1.29 is 9.53 Å². The quantitative estimate of drug-likeness (QED) is 0.716. The van der Waals surface area contributed by atoms with Gasteiger partial charge in [0, 0.05) is 24.7 Å². The summed E-state index contributed by atoms with van der Waals surface area (Å²) in [5, 5.41) is 0. The number of methoxy groups -OCH3 is 1. The van der Waals surface area contributed by atoms with Gasteiger partial charge in [-0.3, -0.25) is 4.79 Å². The number of amides is 1. The number of hydrogen-bond donors (Lipinski definition) is 0. The van der Waals surface area contributed by atoms with Gasteiger partial charge < -0.3 is 14.5 Å². The molecule has 4 heteroatoms. The molecule has 4 nitrogen and oxygen atoms in total. The van der Waals surface area contributed by atoms with Gasteiger partial charge in [-0.25, -0.2) is 0 Å². The van der Waals surface area contributed by atoms with Crippen molar-refractivity contribution in [3.05, 3.63) is 59.7 Å². The molecule has 0 aliphatic carbocycles. The summed E-state index contributed by atoms with van der Waals surface area (Å²) in [7, 11) is 5.79. The van der Waals surface area contributed by atoms with E-state index in [-0.39, 0.29) is 17.7 Å². The predicted octanol–water partition coefficient (Wildman–Crippen LogP) is 4.35. The number of rotatable bonds is 7. The highest BCUT2D eigenvalue weighted by Crippen LogP contribution is 2.40. The number of ether oxygens (including phenoxy) is 1. The summed E-state index contributed by atoms with van der Waals surface area (Å²) in [5.74, 6) is 1.29. The Morgan fingerprint density at radius 1 is 1.11 bits per heavy atom. The molecule has 0 bridgehead atoms. The third-order valence-corrected chi connectivity index (χ3v) is 5.71. The maximum absolute atomic E-state index is 13.7. The molecular weight excluding hydrogens is 348 g/mol. The minimum atomic E-state index is -0.00652. The molecule has 1 aliphatic heterocycles. The molecule has 0 saturated carbocycles. The Morgan fingerprint density at radius 3 is 2.46 bits per heavy atom. The third-order valence-electron chi connectivity index (χ3n) is 5.71. The lowest BCUT2D eigenvalue weighted by Gasteiger charge is -2.29. The van der Waals surface area contributed by atoms with E-state index in [1.807, 2.05) is 23.1 Å². The van der Waals surface area contributed by atoms with Crippen LogP contribution in [0.3, 0.4) is 0 Å². The molecule has 0 radical (unpaired) electrons. The average Bonchev–Trinajstić information content (AvgIpc) is 2.82. The van der Waals surface area contributed by atoms with E-state index in [1.165, 1.54) is 11.1 Å². The van der Waals surface area contributed by atoms with E-state index in [9.17, 15) is 4.79 Å². The van der Waals surface area contributed by atoms with Gasteiger partial charge in [-0.15, -0.1) is 0 Å². The molecule has 1 heterocycles. The van der Waals surface area contributed by atoms with Crippen LogP contribution in [-0.4, -0.2) is 45.1 Å². The van der Waals surface area contributed by atoms with Crippen LogP contribution >= 0.6 is 0 Å². The molecule has 0 aromatic heterocycles. The third kappa shape index (κ3) is 4.39. The molecule has 2 aromatic carbocycles. The molecule has 2 aromatic rings. The van der Waals surface area contributed by atoms with Crippen LogP contribution in [0.4, 0.5) is 5.69 Å². The number of likely N-dealkylation sites (N-methyl/N-ethyl adjacent to an activating group) is 1. The molecule has 28 heavy (non-hydrogen) atoms. The monoisotopic (exact) mass is 380 g/mol. The van der Waals surface area contributed by atoms with Crippen molar-refractivity contribution in [1.29, 1.82) is 0 Å². The van der Waals surface area contributed by atoms with E-state index in [0.29, 0.717) is 0 Å². The fourth-order valence-corrected chi connectivity index (χ4v) is 4.18. The Hall–Kier alpha value is -2.33. The van der Waals surface area contributed by atoms with Crippen LogP contribution in [0.25, 0.3) is 0 Å². The number of benzene rings is 2. The second-order valence-electron chi connectivity index (χ2n) is 7.90. The van der Waals surface area contributed by atoms with E-state index in [2.05, 4.69) is 56.3 Å². The van der Waals surface area contributed by atoms with Crippen molar-refractivity contribution in [2.24, 2.45) is 5.92 Å². The van der Waals surface area contributed by atoms with Crippen molar-refractivity contribution in [2.75, 3.05) is 39.2 Å². The highest BCUT2D eigenvalue weighted by Gasteiger charge is 2.36. The molecule has 0 saturated heterocycles. The fourth-order valence-electron chi connectivity index (χ4n) is 4.18. The zero-order chi connectivity index (χ0) is 20.1. The van der Waals surface area contributed by atoms with Gasteiger partial charge in [0.25, 0.3) is 0 Å². The highest BCUT2D eigenvalue weighted by molar-refractivity contribution is 5.97. The zero-order valence-electron chi connectivity index (χ0n) is 17.5. The lowest BCUT2D eigenvalue weighted by Crippen LogP contribution is -2.41. The zero-order valence-corrected chi connectivity index (χ0v) is 17.5. The largest absolute Gasteiger partial charge is 0.497 e. The molecule has 0 spiro atoms. The first-order chi connectivity index (χ1) is 13.5. The second kappa shape index (κ2) is 9.24. The Bertz CT molecular complexity index is 785. The smallest absolute Gasteiger partial charge is 0.230 e. The Morgan fingerprint density at radius 2 is 1.82 bits per heavy atom. The van der Waals surface area contributed by atoms with E-state index in [4.69, 9.17) is 4.74 Å². The molecule has 3 rings (SSSR count). The van der Waals surface area contributed by atoms with Gasteiger partial charge in [-0.05, 0) is 62.2 Å². The van der Waals surface area contributed by atoms with Crippen molar-refractivity contribution >= 4 is 11.6 Å². The summed E-state index contributed by atoms with van der Waals surface area (Å²) in [4.78, 5) is 17.9. The summed E-state index contributed by atoms with van der Waals surface area (Å²) in [6, 6.07) is 16.6. The predicted molar refractivity (Wildman–Crippen MR) is 115 cm³/mol. The maximum atomic E-state index is 13.7. The van der Waals surface area contributed by atoms with Crippen LogP contribution < -0.4 is 9.64 Å². The van der Waals surface area contributed by atoms with Crippen molar-refractivity contribution in [3.8, 4) is 5.75 Å². The minimum absolute atomic E-state index is 0.00652. The number of hydrogen-bond acceptors (Lipinski definition) is 3. The van der Waals surface area contributed by atoms with Crippen LogP contribution in [0.2, 0.25) is 0 Å². The molecule has 1 aliphatic rings. The van der Waals surface area contributed by atoms with Crippen LogP contribution in [0.1, 0.15) is 36.8 Å². The van der Waals surface area contributed by atoms with Gasteiger partial charge in [-0.2, -0.15) is 0 Å².